The minimum Gasteiger partial charge on any atom is -0.304 e. The highest BCUT2D eigenvalue weighted by atomic mass is 19.2. The van der Waals surface area contributed by atoms with Gasteiger partial charge in [-0.2, -0.15) is 0 Å². The fourth-order valence-electron chi connectivity index (χ4n) is 7.39. The Morgan fingerprint density at radius 2 is 0.839 bits per heavy atom. The molecule has 286 valence electrons. The highest BCUT2D eigenvalue weighted by Gasteiger charge is 2.33. The maximum Gasteiger partial charge on any atom is 0.153 e. The van der Waals surface area contributed by atoms with Crippen LogP contribution in [0.4, 0.5) is 52.2 Å². The quantitative estimate of drug-likeness (QED) is 0.0925. The van der Waals surface area contributed by atoms with Gasteiger partial charge in [0.25, 0.3) is 0 Å². The van der Waals surface area contributed by atoms with Crippen molar-refractivity contribution in [1.29, 1.82) is 0 Å². The summed E-state index contributed by atoms with van der Waals surface area (Å²) in [7, 11) is 0. The van der Waals surface area contributed by atoms with E-state index in [0.717, 1.165) is 35.4 Å². The van der Waals surface area contributed by atoms with E-state index in [1.807, 2.05) is 65.8 Å². The van der Waals surface area contributed by atoms with Gasteiger partial charge in [0.2, 0.25) is 0 Å². The van der Waals surface area contributed by atoms with Crippen molar-refractivity contribution in [2.24, 2.45) is 0 Å². The lowest BCUT2D eigenvalue weighted by Gasteiger charge is -2.33. The van der Waals surface area contributed by atoms with Crippen LogP contribution in [0.1, 0.15) is 75.3 Å². The van der Waals surface area contributed by atoms with Crippen LogP contribution in [-0.2, 0) is 10.8 Å². The van der Waals surface area contributed by atoms with Crippen molar-refractivity contribution in [3.63, 3.8) is 0 Å². The minimum absolute atomic E-state index is 0.123. The molecule has 0 amide bonds. The second-order valence-corrected chi connectivity index (χ2v) is 16.1. The molecule has 0 spiro atoms. The van der Waals surface area contributed by atoms with Gasteiger partial charge in [-0.1, -0.05) is 84.0 Å². The average molecular weight is 768 g/mol. The lowest BCUT2D eigenvalue weighted by atomic mass is 9.76. The van der Waals surface area contributed by atoms with Crippen LogP contribution in [0.5, 0.6) is 0 Å². The Morgan fingerprint density at radius 3 is 1.34 bits per heavy atom. The molecular formula is C47H37F8N. The third-order valence-corrected chi connectivity index (χ3v) is 10.2. The first-order valence-electron chi connectivity index (χ1n) is 18.0. The average Bonchev–Trinajstić information content (AvgIpc) is 3.10. The van der Waals surface area contributed by atoms with Crippen molar-refractivity contribution in [2.45, 2.75) is 58.3 Å². The molecule has 0 bridgehead atoms. The van der Waals surface area contributed by atoms with Gasteiger partial charge < -0.3 is 4.90 Å². The van der Waals surface area contributed by atoms with Crippen molar-refractivity contribution >= 4 is 38.6 Å². The maximum absolute atomic E-state index is 16.2. The Balaban J connectivity index is 1.77. The van der Waals surface area contributed by atoms with Gasteiger partial charge in [-0.25, -0.2) is 35.1 Å². The maximum atomic E-state index is 16.2. The summed E-state index contributed by atoms with van der Waals surface area (Å²) in [5.41, 5.74) is 0.388. The number of halogens is 8. The second-order valence-electron chi connectivity index (χ2n) is 16.1. The molecule has 9 heteroatoms. The van der Waals surface area contributed by atoms with Crippen molar-refractivity contribution in [2.75, 3.05) is 4.90 Å². The Morgan fingerprint density at radius 1 is 0.393 bits per heavy atom. The number of fused-ring (bicyclic) bond motifs is 2. The van der Waals surface area contributed by atoms with E-state index >= 15 is 17.6 Å². The molecule has 0 aliphatic heterocycles. The van der Waals surface area contributed by atoms with Gasteiger partial charge in [0, 0.05) is 52.2 Å². The summed E-state index contributed by atoms with van der Waals surface area (Å²) in [4.78, 5) is 1.26. The zero-order valence-electron chi connectivity index (χ0n) is 31.4. The van der Waals surface area contributed by atoms with Crippen molar-refractivity contribution < 1.29 is 35.1 Å². The van der Waals surface area contributed by atoms with Gasteiger partial charge in [0.15, 0.2) is 11.6 Å². The normalized spacial score (nSPS) is 12.8. The molecule has 0 aliphatic rings. The summed E-state index contributed by atoms with van der Waals surface area (Å²) >= 11 is 0. The third kappa shape index (κ3) is 6.99. The third-order valence-electron chi connectivity index (χ3n) is 10.2. The fourth-order valence-corrected chi connectivity index (χ4v) is 7.39. The highest BCUT2D eigenvalue weighted by molar-refractivity contribution is 6.17. The highest BCUT2D eigenvalue weighted by Crippen LogP contribution is 2.52. The summed E-state index contributed by atoms with van der Waals surface area (Å²) in [5.74, 6) is -9.64. The monoisotopic (exact) mass is 767 g/mol. The standard InChI is InChI=1S/C47H37F8N/c1-46(2,3)26-10-18-34-35(19-26)42(41(25-7-11-28(48)12-8-25)43-37(52)21-30(50)22-38(43)53)33-17-9-27(47(4,5)6)20-36(33)44(34)56(32-15-13-29(49)14-16-32)45-39(54)23-31(51)24-40(45)55/h7-24,41H,1-6H3. The molecule has 0 aliphatic carbocycles. The van der Waals surface area contributed by atoms with E-state index in [1.54, 1.807) is 12.1 Å². The predicted octanol–water partition coefficient (Wildman–Crippen LogP) is 14.4. The number of benzene rings is 7. The van der Waals surface area contributed by atoms with Crippen LogP contribution in [0.3, 0.4) is 0 Å². The molecule has 0 radical (unpaired) electrons. The van der Waals surface area contributed by atoms with Gasteiger partial charge in [-0.05, 0) is 86.3 Å². The molecule has 0 saturated carbocycles. The first-order valence-corrected chi connectivity index (χ1v) is 18.0. The molecule has 1 unspecified atom stereocenters. The van der Waals surface area contributed by atoms with Gasteiger partial charge >= 0.3 is 0 Å². The number of nitrogens with zero attached hydrogens (tertiary/aromatic N) is 1. The van der Waals surface area contributed by atoms with E-state index in [4.69, 9.17) is 0 Å². The number of hydrogen-bond acceptors (Lipinski definition) is 1. The molecule has 0 N–H and O–H groups in total. The van der Waals surface area contributed by atoms with E-state index in [2.05, 4.69) is 0 Å². The van der Waals surface area contributed by atoms with Crippen molar-refractivity contribution in [3.8, 4) is 0 Å². The topological polar surface area (TPSA) is 3.24 Å². The van der Waals surface area contributed by atoms with Crippen molar-refractivity contribution in [1.82, 2.24) is 0 Å². The van der Waals surface area contributed by atoms with Crippen LogP contribution < -0.4 is 4.90 Å². The zero-order chi connectivity index (χ0) is 40.4. The van der Waals surface area contributed by atoms with Crippen LogP contribution in [0.2, 0.25) is 0 Å². The Hall–Kier alpha value is -5.70. The summed E-state index contributed by atoms with van der Waals surface area (Å²) in [5, 5.41) is 1.51. The minimum atomic E-state index is -1.32. The molecule has 1 nitrogen and oxygen atoms in total. The number of anilines is 3. The summed E-state index contributed by atoms with van der Waals surface area (Å²) < 4.78 is 123. The number of hydrogen-bond donors (Lipinski definition) is 0. The molecule has 0 fully saturated rings. The second kappa shape index (κ2) is 14.1. The molecule has 7 rings (SSSR count). The molecule has 0 saturated heterocycles. The summed E-state index contributed by atoms with van der Waals surface area (Å²) in [6, 6.07) is 23.2. The Kier molecular flexibility index (Phi) is 9.71. The molecule has 7 aromatic rings. The SMILES string of the molecule is CC(C)(C)c1ccc2c(N(c3ccc(F)cc3)c3c(F)cc(F)cc3F)c3cc(C(C)(C)C)ccc3c(C(c3ccc(F)cc3)c3c(F)cc(F)cc3F)c2c1. The smallest absolute Gasteiger partial charge is 0.153 e. The predicted molar refractivity (Wildman–Crippen MR) is 207 cm³/mol. The van der Waals surface area contributed by atoms with Crippen molar-refractivity contribution in [3.05, 3.63) is 184 Å². The van der Waals surface area contributed by atoms with Crippen LogP contribution in [-0.4, -0.2) is 0 Å². The van der Waals surface area contributed by atoms with E-state index in [9.17, 15) is 17.6 Å². The van der Waals surface area contributed by atoms with E-state index in [-0.39, 0.29) is 16.9 Å². The fraction of sp³-hybridized carbons (Fsp3) is 0.191. The van der Waals surface area contributed by atoms with Gasteiger partial charge in [0.05, 0.1) is 5.69 Å². The lowest BCUT2D eigenvalue weighted by Crippen LogP contribution is -2.18. The first-order chi connectivity index (χ1) is 26.3. The molecule has 1 atom stereocenters. The first kappa shape index (κ1) is 38.6. The van der Waals surface area contributed by atoms with Crippen LogP contribution in [0.25, 0.3) is 21.5 Å². The molecule has 7 aromatic carbocycles. The van der Waals surface area contributed by atoms with E-state index in [1.165, 1.54) is 29.2 Å². The van der Waals surface area contributed by atoms with E-state index in [0.29, 0.717) is 51.4 Å². The Labute approximate surface area is 319 Å². The number of rotatable bonds is 6. The lowest BCUT2D eigenvalue weighted by molar-refractivity contribution is 0.521. The van der Waals surface area contributed by atoms with Gasteiger partial charge in [-0.3, -0.25) is 0 Å². The zero-order valence-corrected chi connectivity index (χ0v) is 31.4. The van der Waals surface area contributed by atoms with Crippen LogP contribution in [0, 0.1) is 46.5 Å². The molecule has 0 aromatic heterocycles. The summed E-state index contributed by atoms with van der Waals surface area (Å²) in [6.45, 7) is 11.8. The molecular weight excluding hydrogens is 731 g/mol. The van der Waals surface area contributed by atoms with Gasteiger partial charge in [-0.15, -0.1) is 0 Å². The van der Waals surface area contributed by atoms with E-state index < -0.39 is 74.5 Å². The molecule has 56 heavy (non-hydrogen) atoms. The summed E-state index contributed by atoms with van der Waals surface area (Å²) in [6.07, 6.45) is 0. The van der Waals surface area contributed by atoms with Crippen LogP contribution >= 0.6 is 0 Å². The Bertz CT molecular complexity index is 2410. The van der Waals surface area contributed by atoms with Crippen LogP contribution in [0.15, 0.2) is 109 Å². The molecule has 0 heterocycles. The largest absolute Gasteiger partial charge is 0.304 e. The van der Waals surface area contributed by atoms with Gasteiger partial charge in [0.1, 0.15) is 40.6 Å².